The minimum atomic E-state index is -0.429. The van der Waals surface area contributed by atoms with E-state index in [2.05, 4.69) is 5.32 Å². The third-order valence-corrected chi connectivity index (χ3v) is 2.56. The Balaban J connectivity index is 2.56. The largest absolute Gasteiger partial charge is 0.388 e. The van der Waals surface area contributed by atoms with Crippen molar-refractivity contribution in [3.05, 3.63) is 24.0 Å². The summed E-state index contributed by atoms with van der Waals surface area (Å²) < 4.78 is 1.80. The second-order valence-corrected chi connectivity index (χ2v) is 5.72. The topological polar surface area (TPSA) is 54.3 Å². The average Bonchev–Trinajstić information content (AvgIpc) is 2.63. The van der Waals surface area contributed by atoms with Gasteiger partial charge in [0, 0.05) is 17.9 Å². The highest BCUT2D eigenvalue weighted by Gasteiger charge is 2.14. The second-order valence-electron chi connectivity index (χ2n) is 5.72. The van der Waals surface area contributed by atoms with Crippen LogP contribution in [0.3, 0.4) is 0 Å². The number of hydrogen-bond acceptors (Lipinski definition) is 2. The molecule has 0 aliphatic rings. The molecule has 0 aliphatic heterocycles. The molecule has 1 amide bonds. The number of carbonyl (C=O) groups is 1. The standard InChI is InChI=1S/C14H24N2O2/c1-5-6-12(17)11-7-8-16(9-11)10-13(18)15-14(2,3)4/h7-9,12,17H,5-6,10H2,1-4H3,(H,15,18). The van der Waals surface area contributed by atoms with Gasteiger partial charge in [-0.2, -0.15) is 0 Å². The number of aliphatic hydroxyl groups excluding tert-OH is 1. The van der Waals surface area contributed by atoms with Crippen molar-refractivity contribution in [2.45, 2.75) is 58.7 Å². The zero-order valence-corrected chi connectivity index (χ0v) is 11.7. The van der Waals surface area contributed by atoms with Crippen molar-refractivity contribution in [1.82, 2.24) is 9.88 Å². The third kappa shape index (κ3) is 4.92. The quantitative estimate of drug-likeness (QED) is 0.844. The fourth-order valence-corrected chi connectivity index (χ4v) is 1.82. The fraction of sp³-hybridized carbons (Fsp3) is 0.643. The maximum atomic E-state index is 11.7. The van der Waals surface area contributed by atoms with Crippen LogP contribution in [0.5, 0.6) is 0 Å². The van der Waals surface area contributed by atoms with Gasteiger partial charge in [-0.25, -0.2) is 0 Å². The van der Waals surface area contributed by atoms with Crippen LogP contribution in [-0.4, -0.2) is 21.1 Å². The van der Waals surface area contributed by atoms with E-state index in [-0.39, 0.29) is 18.0 Å². The number of amides is 1. The summed E-state index contributed by atoms with van der Waals surface area (Å²) in [6.07, 6.45) is 4.93. The summed E-state index contributed by atoms with van der Waals surface area (Å²) in [4.78, 5) is 11.7. The molecule has 0 bridgehead atoms. The number of rotatable bonds is 5. The fourth-order valence-electron chi connectivity index (χ4n) is 1.82. The van der Waals surface area contributed by atoms with Gasteiger partial charge in [0.1, 0.15) is 6.54 Å². The van der Waals surface area contributed by atoms with Gasteiger partial charge in [-0.1, -0.05) is 13.3 Å². The van der Waals surface area contributed by atoms with Gasteiger partial charge >= 0.3 is 0 Å². The summed E-state index contributed by atoms with van der Waals surface area (Å²) in [5.74, 6) is -0.0189. The maximum absolute atomic E-state index is 11.7. The Labute approximate surface area is 109 Å². The van der Waals surface area contributed by atoms with E-state index in [0.717, 1.165) is 18.4 Å². The molecule has 18 heavy (non-hydrogen) atoms. The van der Waals surface area contributed by atoms with Gasteiger partial charge in [-0.3, -0.25) is 4.79 Å². The molecule has 1 aromatic heterocycles. The van der Waals surface area contributed by atoms with Crippen LogP contribution >= 0.6 is 0 Å². The van der Waals surface area contributed by atoms with E-state index >= 15 is 0 Å². The molecule has 1 aromatic rings. The first-order valence-electron chi connectivity index (χ1n) is 6.46. The summed E-state index contributed by atoms with van der Waals surface area (Å²) in [5.41, 5.74) is 0.662. The Kier molecular flexibility index (Phi) is 4.96. The van der Waals surface area contributed by atoms with Gasteiger partial charge in [0.2, 0.25) is 5.91 Å². The number of nitrogens with one attached hydrogen (secondary N) is 1. The van der Waals surface area contributed by atoms with Crippen molar-refractivity contribution in [1.29, 1.82) is 0 Å². The van der Waals surface area contributed by atoms with Crippen LogP contribution in [0.4, 0.5) is 0 Å². The van der Waals surface area contributed by atoms with Gasteiger partial charge in [0.05, 0.1) is 6.10 Å². The van der Waals surface area contributed by atoms with Crippen molar-refractivity contribution in [3.63, 3.8) is 0 Å². The highest BCUT2D eigenvalue weighted by molar-refractivity contribution is 5.76. The highest BCUT2D eigenvalue weighted by Crippen LogP contribution is 2.18. The lowest BCUT2D eigenvalue weighted by atomic mass is 10.1. The van der Waals surface area contributed by atoms with E-state index in [1.807, 2.05) is 46.2 Å². The van der Waals surface area contributed by atoms with Crippen molar-refractivity contribution in [2.75, 3.05) is 0 Å². The molecule has 0 spiro atoms. The Morgan fingerprint density at radius 2 is 2.17 bits per heavy atom. The molecule has 0 saturated heterocycles. The molecule has 1 heterocycles. The van der Waals surface area contributed by atoms with Crippen LogP contribution in [0.15, 0.2) is 18.5 Å². The summed E-state index contributed by atoms with van der Waals surface area (Å²) in [7, 11) is 0. The van der Waals surface area contributed by atoms with Gasteiger partial charge in [0.15, 0.2) is 0 Å². The van der Waals surface area contributed by atoms with Crippen molar-refractivity contribution < 1.29 is 9.90 Å². The third-order valence-electron chi connectivity index (χ3n) is 2.56. The second kappa shape index (κ2) is 6.05. The van der Waals surface area contributed by atoms with Crippen LogP contribution in [0.1, 0.15) is 52.2 Å². The number of carbonyl (C=O) groups excluding carboxylic acids is 1. The average molecular weight is 252 g/mol. The summed E-state index contributed by atoms with van der Waals surface area (Å²) in [5, 5.41) is 12.7. The minimum Gasteiger partial charge on any atom is -0.388 e. The summed E-state index contributed by atoms with van der Waals surface area (Å²) >= 11 is 0. The lowest BCUT2D eigenvalue weighted by Gasteiger charge is -2.20. The first-order chi connectivity index (χ1) is 8.31. The van der Waals surface area contributed by atoms with E-state index in [0.29, 0.717) is 0 Å². The molecular weight excluding hydrogens is 228 g/mol. The van der Waals surface area contributed by atoms with Crippen LogP contribution in [0.2, 0.25) is 0 Å². The SMILES string of the molecule is CCCC(O)c1ccn(CC(=O)NC(C)(C)C)c1. The lowest BCUT2D eigenvalue weighted by Crippen LogP contribution is -2.42. The summed E-state index contributed by atoms with van der Waals surface area (Å²) in [6.45, 7) is 8.19. The highest BCUT2D eigenvalue weighted by atomic mass is 16.3. The first kappa shape index (κ1) is 14.8. The monoisotopic (exact) mass is 252 g/mol. The minimum absolute atomic E-state index is 0.0189. The normalized spacial score (nSPS) is 13.4. The molecule has 1 atom stereocenters. The Morgan fingerprint density at radius 1 is 1.50 bits per heavy atom. The lowest BCUT2D eigenvalue weighted by molar-refractivity contribution is -0.123. The van der Waals surface area contributed by atoms with E-state index in [1.165, 1.54) is 0 Å². The molecule has 0 saturated carbocycles. The number of nitrogens with zero attached hydrogens (tertiary/aromatic N) is 1. The predicted molar refractivity (Wildman–Crippen MR) is 72.2 cm³/mol. The maximum Gasteiger partial charge on any atom is 0.240 e. The Hall–Kier alpha value is -1.29. The first-order valence-corrected chi connectivity index (χ1v) is 6.46. The van der Waals surface area contributed by atoms with Crippen LogP contribution < -0.4 is 5.32 Å². The predicted octanol–water partition coefficient (Wildman–Crippen LogP) is 2.24. The van der Waals surface area contributed by atoms with Crippen molar-refractivity contribution in [3.8, 4) is 0 Å². The number of aliphatic hydroxyl groups is 1. The van der Waals surface area contributed by atoms with Crippen LogP contribution in [-0.2, 0) is 11.3 Å². The van der Waals surface area contributed by atoms with Crippen LogP contribution in [0.25, 0.3) is 0 Å². The molecule has 4 nitrogen and oxygen atoms in total. The van der Waals surface area contributed by atoms with E-state index in [9.17, 15) is 9.90 Å². The Morgan fingerprint density at radius 3 is 2.72 bits per heavy atom. The van der Waals surface area contributed by atoms with Crippen molar-refractivity contribution in [2.24, 2.45) is 0 Å². The zero-order valence-electron chi connectivity index (χ0n) is 11.7. The zero-order chi connectivity index (χ0) is 13.8. The van der Waals surface area contributed by atoms with E-state index < -0.39 is 6.10 Å². The molecule has 0 aromatic carbocycles. The molecule has 4 heteroatoms. The number of aromatic nitrogens is 1. The Bertz CT molecular complexity index is 391. The molecule has 0 aliphatic carbocycles. The van der Waals surface area contributed by atoms with Gasteiger partial charge < -0.3 is 15.0 Å². The van der Waals surface area contributed by atoms with E-state index in [4.69, 9.17) is 0 Å². The molecule has 102 valence electrons. The van der Waals surface area contributed by atoms with E-state index in [1.54, 1.807) is 4.57 Å². The van der Waals surface area contributed by atoms with Gasteiger partial charge in [-0.05, 0) is 38.8 Å². The van der Waals surface area contributed by atoms with Gasteiger partial charge in [0.25, 0.3) is 0 Å². The number of hydrogen-bond donors (Lipinski definition) is 2. The summed E-state index contributed by atoms with van der Waals surface area (Å²) in [6, 6.07) is 1.87. The smallest absolute Gasteiger partial charge is 0.240 e. The molecule has 1 unspecified atom stereocenters. The van der Waals surface area contributed by atoms with Gasteiger partial charge in [-0.15, -0.1) is 0 Å². The van der Waals surface area contributed by atoms with Crippen LogP contribution in [0, 0.1) is 0 Å². The molecule has 1 rings (SSSR count). The molecule has 0 fully saturated rings. The molecule has 0 radical (unpaired) electrons. The molecule has 2 N–H and O–H groups in total. The molecular formula is C14H24N2O2. The van der Waals surface area contributed by atoms with Crippen molar-refractivity contribution >= 4 is 5.91 Å².